The highest BCUT2D eigenvalue weighted by Crippen LogP contribution is 2.20. The van der Waals surface area contributed by atoms with E-state index in [-0.39, 0.29) is 24.4 Å². The van der Waals surface area contributed by atoms with Gasteiger partial charge in [-0.2, -0.15) is 12.7 Å². The van der Waals surface area contributed by atoms with Crippen LogP contribution in [0.1, 0.15) is 32.6 Å². The third-order valence-electron chi connectivity index (χ3n) is 3.80. The van der Waals surface area contributed by atoms with Crippen molar-refractivity contribution in [2.45, 2.75) is 32.6 Å². The predicted octanol–water partition coefficient (Wildman–Crippen LogP) is 0.114. The van der Waals surface area contributed by atoms with Gasteiger partial charge in [-0.15, -0.1) is 0 Å². The summed E-state index contributed by atoms with van der Waals surface area (Å²) in [4.78, 5) is 11.4. The second-order valence-corrected chi connectivity index (χ2v) is 7.28. The molecule has 0 amide bonds. The standard InChI is InChI=1S/C13H26N2O5S/c1-11(10-16)4-3-7-14-21(18,19)15-8-5-12(6-9-15)13(17)20-2/h11-12,14,16H,3-10H2,1-2H3. The molecule has 1 fully saturated rings. The minimum absolute atomic E-state index is 0.119. The van der Waals surface area contributed by atoms with Gasteiger partial charge in [-0.1, -0.05) is 6.92 Å². The Bertz CT molecular complexity index is 418. The van der Waals surface area contributed by atoms with Gasteiger partial charge in [0.05, 0.1) is 13.0 Å². The molecule has 124 valence electrons. The van der Waals surface area contributed by atoms with Crippen molar-refractivity contribution in [1.29, 1.82) is 0 Å². The fraction of sp³-hybridized carbons (Fsp3) is 0.923. The van der Waals surface area contributed by atoms with Gasteiger partial charge in [0.1, 0.15) is 0 Å². The number of nitrogens with zero attached hydrogens (tertiary/aromatic N) is 1. The van der Waals surface area contributed by atoms with E-state index in [0.717, 1.165) is 6.42 Å². The normalized spacial score (nSPS) is 19.4. The van der Waals surface area contributed by atoms with Crippen LogP contribution in [0.5, 0.6) is 0 Å². The first-order valence-electron chi connectivity index (χ1n) is 7.34. The zero-order valence-electron chi connectivity index (χ0n) is 12.7. The number of hydrogen-bond donors (Lipinski definition) is 2. The predicted molar refractivity (Wildman–Crippen MR) is 78.7 cm³/mol. The number of carbonyl (C=O) groups excluding carboxylic acids is 1. The summed E-state index contributed by atoms with van der Waals surface area (Å²) < 4.78 is 32.8. The molecule has 1 atom stereocenters. The van der Waals surface area contributed by atoms with Gasteiger partial charge in [-0.05, 0) is 31.6 Å². The highest BCUT2D eigenvalue weighted by Gasteiger charge is 2.31. The minimum atomic E-state index is -3.48. The average Bonchev–Trinajstić information content (AvgIpc) is 2.50. The van der Waals surface area contributed by atoms with Crippen LogP contribution in [-0.2, 0) is 19.7 Å². The van der Waals surface area contributed by atoms with Gasteiger partial charge in [0.15, 0.2) is 0 Å². The summed E-state index contributed by atoms with van der Waals surface area (Å²) in [5, 5.41) is 8.90. The summed E-state index contributed by atoms with van der Waals surface area (Å²) in [6.45, 7) is 3.08. The number of piperidine rings is 1. The Hall–Kier alpha value is -0.700. The molecule has 1 heterocycles. The van der Waals surface area contributed by atoms with Crippen molar-refractivity contribution in [3.63, 3.8) is 0 Å². The second kappa shape index (κ2) is 8.67. The number of aliphatic hydroxyl groups excluding tert-OH is 1. The number of carbonyl (C=O) groups is 1. The van der Waals surface area contributed by atoms with Crippen LogP contribution in [-0.4, -0.2) is 57.1 Å². The summed E-state index contributed by atoms with van der Waals surface area (Å²) in [7, 11) is -2.13. The summed E-state index contributed by atoms with van der Waals surface area (Å²) >= 11 is 0. The van der Waals surface area contributed by atoms with E-state index in [2.05, 4.69) is 9.46 Å². The van der Waals surface area contributed by atoms with Gasteiger partial charge < -0.3 is 9.84 Å². The Morgan fingerprint density at radius 1 is 1.43 bits per heavy atom. The molecule has 0 bridgehead atoms. The first-order valence-corrected chi connectivity index (χ1v) is 8.78. The molecule has 1 aliphatic rings. The van der Waals surface area contributed by atoms with E-state index < -0.39 is 10.2 Å². The zero-order chi connectivity index (χ0) is 15.9. The topological polar surface area (TPSA) is 95.9 Å². The van der Waals surface area contributed by atoms with E-state index >= 15 is 0 Å². The molecule has 1 rings (SSSR count). The van der Waals surface area contributed by atoms with E-state index in [1.54, 1.807) is 0 Å². The molecule has 0 aromatic rings. The molecule has 8 heteroatoms. The number of methoxy groups -OCH3 is 1. The fourth-order valence-electron chi connectivity index (χ4n) is 2.33. The van der Waals surface area contributed by atoms with Crippen LogP contribution in [0.15, 0.2) is 0 Å². The smallest absolute Gasteiger partial charge is 0.308 e. The van der Waals surface area contributed by atoms with Crippen LogP contribution >= 0.6 is 0 Å². The Labute approximate surface area is 126 Å². The van der Waals surface area contributed by atoms with Crippen molar-refractivity contribution in [2.75, 3.05) is 33.4 Å². The Morgan fingerprint density at radius 3 is 2.57 bits per heavy atom. The Balaban J connectivity index is 2.34. The van der Waals surface area contributed by atoms with Crippen molar-refractivity contribution in [3.8, 4) is 0 Å². The lowest BCUT2D eigenvalue weighted by molar-refractivity contribution is -0.146. The molecular weight excluding hydrogens is 296 g/mol. The quantitative estimate of drug-likeness (QED) is 0.488. The van der Waals surface area contributed by atoms with Crippen LogP contribution in [0.3, 0.4) is 0 Å². The molecule has 0 spiro atoms. The number of rotatable bonds is 8. The van der Waals surface area contributed by atoms with Gasteiger partial charge in [0.25, 0.3) is 10.2 Å². The lowest BCUT2D eigenvalue weighted by Gasteiger charge is -2.29. The van der Waals surface area contributed by atoms with E-state index in [9.17, 15) is 13.2 Å². The largest absolute Gasteiger partial charge is 0.469 e. The first kappa shape index (κ1) is 18.3. The SMILES string of the molecule is COC(=O)C1CCN(S(=O)(=O)NCCCC(C)CO)CC1. The Morgan fingerprint density at radius 2 is 2.05 bits per heavy atom. The lowest BCUT2D eigenvalue weighted by Crippen LogP contribution is -2.46. The number of nitrogens with one attached hydrogen (secondary N) is 1. The van der Waals surface area contributed by atoms with Crippen LogP contribution in [0, 0.1) is 11.8 Å². The molecular formula is C13H26N2O5S. The van der Waals surface area contributed by atoms with Crippen molar-refractivity contribution in [2.24, 2.45) is 11.8 Å². The summed E-state index contributed by atoms with van der Waals surface area (Å²) in [6.07, 6.45) is 2.47. The molecule has 1 aliphatic heterocycles. The fourth-order valence-corrected chi connectivity index (χ4v) is 3.61. The molecule has 21 heavy (non-hydrogen) atoms. The van der Waals surface area contributed by atoms with Crippen LogP contribution in [0.25, 0.3) is 0 Å². The van der Waals surface area contributed by atoms with Crippen LogP contribution in [0.4, 0.5) is 0 Å². The van der Waals surface area contributed by atoms with Crippen molar-refractivity contribution < 1.29 is 23.1 Å². The van der Waals surface area contributed by atoms with E-state index in [0.29, 0.717) is 38.9 Å². The maximum Gasteiger partial charge on any atom is 0.308 e. The van der Waals surface area contributed by atoms with E-state index in [1.807, 2.05) is 6.92 Å². The van der Waals surface area contributed by atoms with Crippen molar-refractivity contribution in [3.05, 3.63) is 0 Å². The summed E-state index contributed by atoms with van der Waals surface area (Å²) in [5.74, 6) is -0.282. The van der Waals surface area contributed by atoms with Gasteiger partial charge in [-0.3, -0.25) is 4.79 Å². The van der Waals surface area contributed by atoms with Crippen molar-refractivity contribution in [1.82, 2.24) is 9.03 Å². The molecule has 2 N–H and O–H groups in total. The van der Waals surface area contributed by atoms with Gasteiger partial charge in [-0.25, -0.2) is 4.72 Å². The maximum absolute atomic E-state index is 12.1. The average molecular weight is 322 g/mol. The minimum Gasteiger partial charge on any atom is -0.469 e. The zero-order valence-corrected chi connectivity index (χ0v) is 13.6. The van der Waals surface area contributed by atoms with Crippen molar-refractivity contribution >= 4 is 16.2 Å². The molecule has 0 saturated carbocycles. The Kier molecular flexibility index (Phi) is 7.58. The van der Waals surface area contributed by atoms with Gasteiger partial charge in [0, 0.05) is 26.2 Å². The molecule has 0 aliphatic carbocycles. The van der Waals surface area contributed by atoms with E-state index in [4.69, 9.17) is 5.11 Å². The summed E-state index contributed by atoms with van der Waals surface area (Å²) in [6, 6.07) is 0. The number of hydrogen-bond acceptors (Lipinski definition) is 5. The molecule has 1 unspecified atom stereocenters. The van der Waals surface area contributed by atoms with Crippen LogP contribution in [0.2, 0.25) is 0 Å². The number of aliphatic hydroxyl groups is 1. The third kappa shape index (κ3) is 5.90. The molecule has 7 nitrogen and oxygen atoms in total. The second-order valence-electron chi connectivity index (χ2n) is 5.53. The van der Waals surface area contributed by atoms with Gasteiger partial charge >= 0.3 is 5.97 Å². The first-order chi connectivity index (χ1) is 9.90. The third-order valence-corrected chi connectivity index (χ3v) is 5.41. The number of ether oxygens (including phenoxy) is 1. The number of esters is 1. The monoisotopic (exact) mass is 322 g/mol. The molecule has 0 aromatic carbocycles. The summed E-state index contributed by atoms with van der Waals surface area (Å²) in [5.41, 5.74) is 0. The van der Waals surface area contributed by atoms with Crippen LogP contribution < -0.4 is 4.72 Å². The lowest BCUT2D eigenvalue weighted by atomic mass is 9.99. The molecule has 0 aromatic heterocycles. The van der Waals surface area contributed by atoms with E-state index in [1.165, 1.54) is 11.4 Å². The molecule has 0 radical (unpaired) electrons. The highest BCUT2D eigenvalue weighted by molar-refractivity contribution is 7.87. The van der Waals surface area contributed by atoms with Gasteiger partial charge in [0.2, 0.25) is 0 Å². The molecule has 1 saturated heterocycles. The maximum atomic E-state index is 12.1. The highest BCUT2D eigenvalue weighted by atomic mass is 32.2.